The smallest absolute Gasteiger partial charge is 0.326 e. The molecule has 0 spiro atoms. The van der Waals surface area contributed by atoms with Crippen molar-refractivity contribution < 1.29 is 27.9 Å². The van der Waals surface area contributed by atoms with Gasteiger partial charge in [-0.3, -0.25) is 4.79 Å². The van der Waals surface area contributed by atoms with Crippen LogP contribution in [0.5, 0.6) is 0 Å². The second-order valence-electron chi connectivity index (χ2n) is 4.92. The summed E-state index contributed by atoms with van der Waals surface area (Å²) in [5, 5.41) is 12.9. The van der Waals surface area contributed by atoms with Gasteiger partial charge in [0.05, 0.1) is 12.1 Å². The summed E-state index contributed by atoms with van der Waals surface area (Å²) in [7, 11) is 0. The molecular formula is C15H13F3N2O3S. The van der Waals surface area contributed by atoms with Crippen molar-refractivity contribution in [1.82, 2.24) is 10.3 Å². The number of hydrogen-bond donors (Lipinski definition) is 2. The molecule has 5 nitrogen and oxygen atoms in total. The molecule has 1 atom stereocenters. The van der Waals surface area contributed by atoms with E-state index in [9.17, 15) is 22.8 Å². The van der Waals surface area contributed by atoms with Crippen LogP contribution in [0.2, 0.25) is 0 Å². The molecule has 0 aliphatic heterocycles. The molecule has 2 aromatic rings. The summed E-state index contributed by atoms with van der Waals surface area (Å²) in [6.45, 7) is 0. The average Bonchev–Trinajstić information content (AvgIpc) is 2.94. The van der Waals surface area contributed by atoms with Gasteiger partial charge >= 0.3 is 5.97 Å². The molecule has 1 heterocycles. The molecule has 1 unspecified atom stereocenters. The highest BCUT2D eigenvalue weighted by molar-refractivity contribution is 7.13. The van der Waals surface area contributed by atoms with Crippen molar-refractivity contribution in [2.24, 2.45) is 0 Å². The van der Waals surface area contributed by atoms with E-state index in [2.05, 4.69) is 4.98 Å². The summed E-state index contributed by atoms with van der Waals surface area (Å²) >= 11 is 1.20. The van der Waals surface area contributed by atoms with Crippen LogP contribution in [-0.2, 0) is 16.0 Å². The second-order valence-corrected chi connectivity index (χ2v) is 5.77. The quantitative estimate of drug-likeness (QED) is 0.798. The van der Waals surface area contributed by atoms with Gasteiger partial charge in [0, 0.05) is 17.4 Å². The van der Waals surface area contributed by atoms with Crippen LogP contribution in [0.3, 0.4) is 0 Å². The Labute approximate surface area is 139 Å². The highest BCUT2D eigenvalue weighted by Gasteiger charge is 2.24. The van der Waals surface area contributed by atoms with Crippen molar-refractivity contribution in [2.45, 2.75) is 25.3 Å². The highest BCUT2D eigenvalue weighted by atomic mass is 32.1. The number of benzene rings is 1. The van der Waals surface area contributed by atoms with Gasteiger partial charge in [0.1, 0.15) is 16.9 Å². The molecule has 0 bridgehead atoms. The normalized spacial score (nSPS) is 12.2. The largest absolute Gasteiger partial charge is 0.480 e. The Morgan fingerprint density at radius 3 is 2.71 bits per heavy atom. The van der Waals surface area contributed by atoms with E-state index in [-0.39, 0.29) is 6.42 Å². The lowest BCUT2D eigenvalue weighted by atomic mass is 10.2. The van der Waals surface area contributed by atoms with Gasteiger partial charge in [0.2, 0.25) is 12.3 Å². The third kappa shape index (κ3) is 5.05. The topological polar surface area (TPSA) is 79.3 Å². The molecule has 24 heavy (non-hydrogen) atoms. The van der Waals surface area contributed by atoms with Gasteiger partial charge in [-0.25, -0.2) is 22.9 Å². The minimum absolute atomic E-state index is 0.251. The molecule has 0 aliphatic rings. The van der Waals surface area contributed by atoms with Crippen molar-refractivity contribution in [3.05, 3.63) is 41.2 Å². The summed E-state index contributed by atoms with van der Waals surface area (Å²) in [5.74, 6) is -2.67. The summed E-state index contributed by atoms with van der Waals surface area (Å²) in [5.41, 5.74) is 0.894. The number of carbonyl (C=O) groups excluding carboxylic acids is 1. The summed E-state index contributed by atoms with van der Waals surface area (Å²) in [6.07, 6.45) is -4.06. The zero-order chi connectivity index (χ0) is 17.7. The molecule has 2 rings (SSSR count). The fourth-order valence-electron chi connectivity index (χ4n) is 1.95. The zero-order valence-electron chi connectivity index (χ0n) is 12.2. The number of rotatable bonds is 7. The van der Waals surface area contributed by atoms with Crippen molar-refractivity contribution in [1.29, 1.82) is 0 Å². The number of halogens is 3. The van der Waals surface area contributed by atoms with E-state index >= 15 is 0 Å². The maximum atomic E-state index is 13.2. The Bertz CT molecular complexity index is 736. The molecule has 1 aromatic heterocycles. The van der Waals surface area contributed by atoms with Gasteiger partial charge in [-0.15, -0.1) is 11.3 Å². The third-order valence-electron chi connectivity index (χ3n) is 3.01. The van der Waals surface area contributed by atoms with Gasteiger partial charge in [0.15, 0.2) is 0 Å². The number of carboxylic acids is 1. The lowest BCUT2D eigenvalue weighted by Gasteiger charge is -2.13. The van der Waals surface area contributed by atoms with Gasteiger partial charge in [-0.1, -0.05) is 12.1 Å². The van der Waals surface area contributed by atoms with Crippen molar-refractivity contribution >= 4 is 23.2 Å². The number of amides is 1. The van der Waals surface area contributed by atoms with Crippen LogP contribution in [0, 0.1) is 5.82 Å². The molecule has 0 aliphatic carbocycles. The average molecular weight is 358 g/mol. The minimum atomic E-state index is -2.84. The number of nitrogens with zero attached hydrogens (tertiary/aromatic N) is 1. The number of alkyl halides is 2. The lowest BCUT2D eigenvalue weighted by Crippen LogP contribution is -2.42. The standard InChI is InChI=1S/C15H13F3N2O3S/c16-9-3-1-2-8(4-9)14-19-10(7-24-14)5-13(21)20-11(15(22)23)6-12(17)18/h1-4,7,11-12H,5-6H2,(H,20,21)(H,22,23). The monoisotopic (exact) mass is 358 g/mol. The van der Waals surface area contributed by atoms with Crippen LogP contribution in [0.1, 0.15) is 12.1 Å². The maximum Gasteiger partial charge on any atom is 0.326 e. The molecule has 0 saturated heterocycles. The number of nitrogens with one attached hydrogen (secondary N) is 1. The summed E-state index contributed by atoms with van der Waals surface area (Å²) in [4.78, 5) is 26.8. The van der Waals surface area contributed by atoms with Crippen LogP contribution >= 0.6 is 11.3 Å². The molecule has 0 saturated carbocycles. The third-order valence-corrected chi connectivity index (χ3v) is 3.95. The fourth-order valence-corrected chi connectivity index (χ4v) is 2.77. The van der Waals surface area contributed by atoms with Gasteiger partial charge in [-0.2, -0.15) is 0 Å². The number of aromatic nitrogens is 1. The van der Waals surface area contributed by atoms with Crippen LogP contribution in [-0.4, -0.2) is 34.4 Å². The van der Waals surface area contributed by atoms with Crippen LogP contribution in [0.15, 0.2) is 29.6 Å². The Kier molecular flexibility index (Phi) is 5.91. The van der Waals surface area contributed by atoms with Gasteiger partial charge in [-0.05, 0) is 12.1 Å². The minimum Gasteiger partial charge on any atom is -0.480 e. The Balaban J connectivity index is 2.01. The first kappa shape index (κ1) is 17.9. The van der Waals surface area contributed by atoms with Crippen LogP contribution < -0.4 is 5.32 Å². The van der Waals surface area contributed by atoms with Crippen LogP contribution in [0.25, 0.3) is 10.6 Å². The molecule has 128 valence electrons. The molecule has 2 N–H and O–H groups in total. The first-order valence-corrected chi connectivity index (χ1v) is 7.73. The van der Waals surface area contributed by atoms with E-state index in [0.717, 1.165) is 0 Å². The molecule has 9 heteroatoms. The first-order chi connectivity index (χ1) is 11.3. The lowest BCUT2D eigenvalue weighted by molar-refractivity contribution is -0.142. The van der Waals surface area contributed by atoms with E-state index in [0.29, 0.717) is 16.3 Å². The zero-order valence-corrected chi connectivity index (χ0v) is 13.0. The van der Waals surface area contributed by atoms with Crippen molar-refractivity contribution in [3.8, 4) is 10.6 Å². The predicted octanol–water partition coefficient (Wildman–Crippen LogP) is 2.72. The molecular weight excluding hydrogens is 345 g/mol. The number of hydrogen-bond acceptors (Lipinski definition) is 4. The second kappa shape index (κ2) is 7.91. The van der Waals surface area contributed by atoms with Crippen molar-refractivity contribution in [3.63, 3.8) is 0 Å². The van der Waals surface area contributed by atoms with Crippen LogP contribution in [0.4, 0.5) is 13.2 Å². The molecule has 0 fully saturated rings. The molecule has 1 amide bonds. The Morgan fingerprint density at radius 1 is 1.33 bits per heavy atom. The van der Waals surface area contributed by atoms with Gasteiger partial charge < -0.3 is 10.4 Å². The Hall–Kier alpha value is -2.42. The Morgan fingerprint density at radius 2 is 2.08 bits per heavy atom. The van der Waals surface area contributed by atoms with E-state index in [4.69, 9.17) is 5.11 Å². The maximum absolute atomic E-state index is 13.2. The highest BCUT2D eigenvalue weighted by Crippen LogP contribution is 2.24. The predicted molar refractivity (Wildman–Crippen MR) is 81.4 cm³/mol. The SMILES string of the molecule is O=C(Cc1csc(-c2cccc(F)c2)n1)NC(CC(F)F)C(=O)O. The molecule has 0 radical (unpaired) electrons. The fraction of sp³-hybridized carbons (Fsp3) is 0.267. The van der Waals surface area contributed by atoms with Gasteiger partial charge in [0.25, 0.3) is 0 Å². The van der Waals surface area contributed by atoms with E-state index in [1.807, 2.05) is 5.32 Å². The number of carboxylic acid groups (broad SMARTS) is 1. The number of carbonyl (C=O) groups is 2. The summed E-state index contributed by atoms with van der Waals surface area (Å²) in [6, 6.07) is 4.13. The van der Waals surface area contributed by atoms with E-state index < -0.39 is 36.6 Å². The van der Waals surface area contributed by atoms with E-state index in [1.165, 1.54) is 29.5 Å². The first-order valence-electron chi connectivity index (χ1n) is 6.86. The van der Waals surface area contributed by atoms with E-state index in [1.54, 1.807) is 11.4 Å². The molecule has 1 aromatic carbocycles. The van der Waals surface area contributed by atoms with Crippen molar-refractivity contribution in [2.75, 3.05) is 0 Å². The number of aliphatic carboxylic acids is 1. The number of thiazole rings is 1. The summed E-state index contributed by atoms with van der Waals surface area (Å²) < 4.78 is 37.8.